The molecule has 1 aliphatic heterocycles. The van der Waals surface area contributed by atoms with Crippen molar-refractivity contribution in [1.82, 2.24) is 0 Å². The van der Waals surface area contributed by atoms with Crippen LogP contribution in [0.5, 0.6) is 0 Å². The Morgan fingerprint density at radius 2 is 2.00 bits per heavy atom. The SMILES string of the molecule is CC1OC=NC1C(C)(C)C. The van der Waals surface area contributed by atoms with Gasteiger partial charge in [0.25, 0.3) is 0 Å². The highest BCUT2D eigenvalue weighted by molar-refractivity contribution is 5.50. The van der Waals surface area contributed by atoms with Crippen molar-refractivity contribution in [1.29, 1.82) is 0 Å². The number of rotatable bonds is 0. The van der Waals surface area contributed by atoms with Gasteiger partial charge in [-0.1, -0.05) is 20.8 Å². The molecule has 0 saturated heterocycles. The highest BCUT2D eigenvalue weighted by Gasteiger charge is 2.32. The van der Waals surface area contributed by atoms with E-state index in [1.807, 2.05) is 0 Å². The fourth-order valence-corrected chi connectivity index (χ4v) is 1.32. The van der Waals surface area contributed by atoms with Crippen LogP contribution in [0.15, 0.2) is 4.99 Å². The van der Waals surface area contributed by atoms with Crippen molar-refractivity contribution in [3.05, 3.63) is 0 Å². The maximum Gasteiger partial charge on any atom is 0.170 e. The van der Waals surface area contributed by atoms with Crippen molar-refractivity contribution >= 4 is 6.40 Å². The molecule has 0 fully saturated rings. The second-order valence-electron chi connectivity index (χ2n) is 3.91. The summed E-state index contributed by atoms with van der Waals surface area (Å²) in [4.78, 5) is 4.24. The first-order valence-electron chi connectivity index (χ1n) is 3.69. The molecule has 0 aliphatic carbocycles. The summed E-state index contributed by atoms with van der Waals surface area (Å²) < 4.78 is 5.20. The molecule has 2 unspecified atom stereocenters. The molecule has 0 N–H and O–H groups in total. The van der Waals surface area contributed by atoms with Crippen LogP contribution in [0, 0.1) is 5.41 Å². The second kappa shape index (κ2) is 2.26. The first kappa shape index (κ1) is 7.58. The van der Waals surface area contributed by atoms with Gasteiger partial charge in [0.2, 0.25) is 0 Å². The average molecular weight is 141 g/mol. The molecule has 2 heteroatoms. The van der Waals surface area contributed by atoms with Crippen LogP contribution >= 0.6 is 0 Å². The predicted octanol–water partition coefficient (Wildman–Crippen LogP) is 1.85. The largest absolute Gasteiger partial charge is 0.478 e. The Balaban J connectivity index is 2.64. The molecule has 0 aromatic carbocycles. The van der Waals surface area contributed by atoms with Crippen molar-refractivity contribution in [2.45, 2.75) is 39.8 Å². The highest BCUT2D eigenvalue weighted by Crippen LogP contribution is 2.28. The molecule has 0 spiro atoms. The van der Waals surface area contributed by atoms with Gasteiger partial charge in [0.15, 0.2) is 6.40 Å². The van der Waals surface area contributed by atoms with Gasteiger partial charge in [-0.2, -0.15) is 0 Å². The number of hydrogen-bond acceptors (Lipinski definition) is 2. The molecule has 0 aromatic heterocycles. The zero-order chi connectivity index (χ0) is 7.78. The molecule has 1 heterocycles. The Morgan fingerprint density at radius 3 is 2.20 bits per heavy atom. The van der Waals surface area contributed by atoms with Crippen LogP contribution in [0.1, 0.15) is 27.7 Å². The van der Waals surface area contributed by atoms with E-state index in [4.69, 9.17) is 4.74 Å². The van der Waals surface area contributed by atoms with Gasteiger partial charge in [-0.25, -0.2) is 0 Å². The van der Waals surface area contributed by atoms with Gasteiger partial charge in [-0.3, -0.25) is 4.99 Å². The minimum atomic E-state index is 0.229. The van der Waals surface area contributed by atoms with Crippen LogP contribution in [0.4, 0.5) is 0 Å². The van der Waals surface area contributed by atoms with Gasteiger partial charge < -0.3 is 4.74 Å². The standard InChI is InChI=1S/C8H15NO/c1-6-7(8(2,3)4)9-5-10-6/h5-7H,1-4H3. The van der Waals surface area contributed by atoms with Crippen LogP contribution < -0.4 is 0 Å². The number of hydrogen-bond donors (Lipinski definition) is 0. The van der Waals surface area contributed by atoms with Crippen LogP contribution in [-0.4, -0.2) is 18.5 Å². The lowest BCUT2D eigenvalue weighted by atomic mass is 9.85. The fourth-order valence-electron chi connectivity index (χ4n) is 1.32. The van der Waals surface area contributed by atoms with Crippen molar-refractivity contribution < 1.29 is 4.74 Å². The molecular weight excluding hydrogens is 126 g/mol. The van der Waals surface area contributed by atoms with Crippen LogP contribution in [0.3, 0.4) is 0 Å². The predicted molar refractivity (Wildman–Crippen MR) is 42.3 cm³/mol. The minimum absolute atomic E-state index is 0.229. The Kier molecular flexibility index (Phi) is 1.71. The molecule has 58 valence electrons. The topological polar surface area (TPSA) is 21.6 Å². The first-order chi connectivity index (χ1) is 4.52. The summed E-state index contributed by atoms with van der Waals surface area (Å²) in [6, 6.07) is 0.326. The molecule has 10 heavy (non-hydrogen) atoms. The maximum atomic E-state index is 5.20. The van der Waals surface area contributed by atoms with E-state index in [2.05, 4.69) is 32.7 Å². The average Bonchev–Trinajstić information content (AvgIpc) is 2.11. The summed E-state index contributed by atoms with van der Waals surface area (Å²) in [5.74, 6) is 0. The van der Waals surface area contributed by atoms with Crippen molar-refractivity contribution in [3.8, 4) is 0 Å². The number of ether oxygens (including phenoxy) is 1. The van der Waals surface area contributed by atoms with Gasteiger partial charge in [-0.15, -0.1) is 0 Å². The summed E-state index contributed by atoms with van der Waals surface area (Å²) in [6.45, 7) is 8.60. The molecule has 2 atom stereocenters. The van der Waals surface area contributed by atoms with E-state index in [9.17, 15) is 0 Å². The van der Waals surface area contributed by atoms with Crippen molar-refractivity contribution in [3.63, 3.8) is 0 Å². The third-order valence-corrected chi connectivity index (χ3v) is 1.83. The second-order valence-corrected chi connectivity index (χ2v) is 3.91. The van der Waals surface area contributed by atoms with Crippen molar-refractivity contribution in [2.75, 3.05) is 0 Å². The Bertz CT molecular complexity index is 146. The fraction of sp³-hybridized carbons (Fsp3) is 0.875. The van der Waals surface area contributed by atoms with E-state index in [0.29, 0.717) is 6.04 Å². The van der Waals surface area contributed by atoms with E-state index < -0.39 is 0 Å². The quantitative estimate of drug-likeness (QED) is 0.504. The Hall–Kier alpha value is -0.530. The van der Waals surface area contributed by atoms with E-state index in [-0.39, 0.29) is 11.5 Å². The van der Waals surface area contributed by atoms with Crippen molar-refractivity contribution in [2.24, 2.45) is 10.4 Å². The van der Waals surface area contributed by atoms with Gasteiger partial charge in [0, 0.05) is 0 Å². The van der Waals surface area contributed by atoms with Gasteiger partial charge in [-0.05, 0) is 12.3 Å². The number of aliphatic imine (C=N–C) groups is 1. The summed E-state index contributed by atoms with van der Waals surface area (Å²) in [7, 11) is 0. The molecular formula is C8H15NO. The lowest BCUT2D eigenvalue weighted by Gasteiger charge is -2.26. The van der Waals surface area contributed by atoms with Gasteiger partial charge in [0.1, 0.15) is 6.10 Å². The molecule has 0 bridgehead atoms. The Labute approximate surface area is 62.3 Å². The molecule has 1 rings (SSSR count). The van der Waals surface area contributed by atoms with Crippen LogP contribution in [0.2, 0.25) is 0 Å². The minimum Gasteiger partial charge on any atom is -0.478 e. The van der Waals surface area contributed by atoms with Gasteiger partial charge in [0.05, 0.1) is 6.04 Å². The van der Waals surface area contributed by atoms with Gasteiger partial charge >= 0.3 is 0 Å². The third-order valence-electron chi connectivity index (χ3n) is 1.83. The van der Waals surface area contributed by atoms with E-state index >= 15 is 0 Å². The monoisotopic (exact) mass is 141 g/mol. The lowest BCUT2D eigenvalue weighted by Crippen LogP contribution is -2.31. The summed E-state index contributed by atoms with van der Waals surface area (Å²) in [5.41, 5.74) is 0.229. The molecule has 2 nitrogen and oxygen atoms in total. The maximum absolute atomic E-state index is 5.20. The highest BCUT2D eigenvalue weighted by atomic mass is 16.5. The lowest BCUT2D eigenvalue weighted by molar-refractivity contribution is 0.158. The summed E-state index contributed by atoms with van der Waals surface area (Å²) in [6.07, 6.45) is 1.82. The zero-order valence-corrected chi connectivity index (χ0v) is 7.09. The molecule has 1 aliphatic rings. The molecule has 0 radical (unpaired) electrons. The van der Waals surface area contributed by atoms with E-state index in [1.54, 1.807) is 6.40 Å². The number of nitrogens with zero attached hydrogens (tertiary/aromatic N) is 1. The van der Waals surface area contributed by atoms with Crippen LogP contribution in [-0.2, 0) is 4.74 Å². The van der Waals surface area contributed by atoms with E-state index in [1.165, 1.54) is 0 Å². The summed E-state index contributed by atoms with van der Waals surface area (Å²) in [5, 5.41) is 0. The zero-order valence-electron chi connectivity index (χ0n) is 7.09. The molecule has 0 aromatic rings. The molecule has 0 amide bonds. The smallest absolute Gasteiger partial charge is 0.170 e. The third kappa shape index (κ3) is 1.31. The van der Waals surface area contributed by atoms with Crippen LogP contribution in [0.25, 0.3) is 0 Å². The normalized spacial score (nSPS) is 32.4. The molecule has 0 saturated carbocycles. The first-order valence-corrected chi connectivity index (χ1v) is 3.69. The summed E-state index contributed by atoms with van der Waals surface area (Å²) >= 11 is 0. The van der Waals surface area contributed by atoms with E-state index in [0.717, 1.165) is 0 Å². The Morgan fingerprint density at radius 1 is 1.40 bits per heavy atom.